The van der Waals surface area contributed by atoms with Crippen LogP contribution in [0, 0.1) is 0 Å². The molecule has 25 heavy (non-hydrogen) atoms. The molecule has 0 aliphatic rings. The highest BCUT2D eigenvalue weighted by molar-refractivity contribution is 6.31. The van der Waals surface area contributed by atoms with Gasteiger partial charge in [-0.25, -0.2) is 9.97 Å². The first-order chi connectivity index (χ1) is 11.7. The summed E-state index contributed by atoms with van der Waals surface area (Å²) < 4.78 is 38.9. The Balaban J connectivity index is 2.12. The van der Waals surface area contributed by atoms with Crippen LogP contribution in [0.15, 0.2) is 36.7 Å². The van der Waals surface area contributed by atoms with Crippen LogP contribution in [0.3, 0.4) is 0 Å². The Labute approximate surface area is 144 Å². The van der Waals surface area contributed by atoms with Crippen molar-refractivity contribution in [1.29, 1.82) is 0 Å². The number of nitrogens with zero attached hydrogens (tertiary/aromatic N) is 2. The van der Waals surface area contributed by atoms with E-state index in [1.54, 1.807) is 6.20 Å². The molecule has 2 aromatic heterocycles. The van der Waals surface area contributed by atoms with Crippen LogP contribution < -0.4 is 5.73 Å². The molecule has 0 spiro atoms. The highest BCUT2D eigenvalue weighted by atomic mass is 35.5. The van der Waals surface area contributed by atoms with Gasteiger partial charge in [0.2, 0.25) is 5.91 Å². The van der Waals surface area contributed by atoms with Crippen LogP contribution in [0.25, 0.3) is 28.5 Å². The number of amides is 1. The van der Waals surface area contributed by atoms with E-state index < -0.39 is 17.6 Å². The van der Waals surface area contributed by atoms with Crippen molar-refractivity contribution in [2.24, 2.45) is 5.73 Å². The molecule has 3 aromatic rings. The highest BCUT2D eigenvalue weighted by Crippen LogP contribution is 2.34. The molecule has 1 aromatic carbocycles. The van der Waals surface area contributed by atoms with Crippen LogP contribution in [-0.4, -0.2) is 20.9 Å². The molecule has 128 valence electrons. The number of nitrogens with two attached hydrogens (primary N) is 1. The number of nitrogens with one attached hydrogen (secondary N) is 1. The quantitative estimate of drug-likeness (QED) is 0.691. The van der Waals surface area contributed by atoms with Gasteiger partial charge in [-0.2, -0.15) is 13.2 Å². The third-order valence-corrected chi connectivity index (χ3v) is 3.58. The van der Waals surface area contributed by atoms with Gasteiger partial charge in [0.1, 0.15) is 5.52 Å². The first kappa shape index (κ1) is 17.0. The number of carbonyl (C=O) groups is 1. The van der Waals surface area contributed by atoms with Gasteiger partial charge >= 0.3 is 6.18 Å². The van der Waals surface area contributed by atoms with Crippen molar-refractivity contribution < 1.29 is 18.0 Å². The molecule has 0 aliphatic carbocycles. The molecule has 3 N–H and O–H groups in total. The van der Waals surface area contributed by atoms with Crippen LogP contribution in [-0.2, 0) is 11.0 Å². The first-order valence-electron chi connectivity index (χ1n) is 6.94. The lowest BCUT2D eigenvalue weighted by Gasteiger charge is -2.09. The number of H-pyrrole nitrogens is 1. The van der Waals surface area contributed by atoms with Gasteiger partial charge in [0.15, 0.2) is 5.65 Å². The Bertz CT molecular complexity index is 995. The highest BCUT2D eigenvalue weighted by Gasteiger charge is 2.31. The first-order valence-corrected chi connectivity index (χ1v) is 7.31. The number of fused-ring (bicyclic) bond motifs is 1. The summed E-state index contributed by atoms with van der Waals surface area (Å²) in [6.07, 6.45) is 0.969. The van der Waals surface area contributed by atoms with E-state index in [0.29, 0.717) is 16.7 Å². The molecular formula is C16H10ClF3N4O. The van der Waals surface area contributed by atoms with Crippen molar-refractivity contribution in [3.63, 3.8) is 0 Å². The zero-order valence-corrected chi connectivity index (χ0v) is 13.2. The summed E-state index contributed by atoms with van der Waals surface area (Å²) in [6.45, 7) is 0. The Hall–Kier alpha value is -2.87. The van der Waals surface area contributed by atoms with Gasteiger partial charge in [-0.1, -0.05) is 11.6 Å². The summed E-state index contributed by atoms with van der Waals surface area (Å²) in [6, 6.07) is 3.17. The average molecular weight is 367 g/mol. The molecule has 0 saturated heterocycles. The number of hydrogen-bond acceptors (Lipinski definition) is 3. The van der Waals surface area contributed by atoms with Crippen molar-refractivity contribution in [2.75, 3.05) is 0 Å². The van der Waals surface area contributed by atoms with E-state index in [4.69, 9.17) is 17.3 Å². The largest absolute Gasteiger partial charge is 0.416 e. The van der Waals surface area contributed by atoms with Gasteiger partial charge in [-0.15, -0.1) is 0 Å². The molecule has 0 saturated carbocycles. The summed E-state index contributed by atoms with van der Waals surface area (Å²) >= 11 is 5.80. The van der Waals surface area contributed by atoms with Crippen molar-refractivity contribution >= 4 is 34.7 Å². The normalized spacial score (nSPS) is 12.2. The molecule has 0 atom stereocenters. The third kappa shape index (κ3) is 3.63. The predicted molar refractivity (Wildman–Crippen MR) is 87.6 cm³/mol. The second-order valence-corrected chi connectivity index (χ2v) is 5.59. The number of carbonyl (C=O) groups excluding carboxylic acids is 1. The number of aromatic nitrogens is 3. The van der Waals surface area contributed by atoms with Crippen LogP contribution in [0.1, 0.15) is 11.1 Å². The molecule has 2 heterocycles. The van der Waals surface area contributed by atoms with Gasteiger partial charge in [0, 0.05) is 28.4 Å². The van der Waals surface area contributed by atoms with Crippen molar-refractivity contribution in [2.45, 2.75) is 6.18 Å². The van der Waals surface area contributed by atoms with Gasteiger partial charge < -0.3 is 10.7 Å². The topological polar surface area (TPSA) is 84.7 Å². The Morgan fingerprint density at radius 1 is 1.28 bits per heavy atom. The summed E-state index contributed by atoms with van der Waals surface area (Å²) in [7, 11) is 0. The SMILES string of the molecule is NC(=O)C=Cc1c[nH]c2ncc(-c3cc(Cl)cc(C(F)(F)F)c3)nc12. The lowest BCUT2D eigenvalue weighted by atomic mass is 10.1. The van der Waals surface area contributed by atoms with Crippen LogP contribution in [0.5, 0.6) is 0 Å². The Morgan fingerprint density at radius 3 is 2.72 bits per heavy atom. The number of halogens is 4. The fourth-order valence-electron chi connectivity index (χ4n) is 2.25. The van der Waals surface area contributed by atoms with E-state index in [-0.39, 0.29) is 16.3 Å². The fraction of sp³-hybridized carbons (Fsp3) is 0.0625. The van der Waals surface area contributed by atoms with Crippen molar-refractivity contribution in [3.05, 3.63) is 52.8 Å². The summed E-state index contributed by atoms with van der Waals surface area (Å²) in [5.74, 6) is -0.636. The summed E-state index contributed by atoms with van der Waals surface area (Å²) in [5, 5.41) is -0.0605. The van der Waals surface area contributed by atoms with Crippen molar-refractivity contribution in [1.82, 2.24) is 15.0 Å². The maximum absolute atomic E-state index is 13.0. The smallest absolute Gasteiger partial charge is 0.366 e. The molecule has 3 rings (SSSR count). The minimum Gasteiger partial charge on any atom is -0.366 e. The minimum absolute atomic E-state index is 0.0605. The van der Waals surface area contributed by atoms with E-state index in [0.717, 1.165) is 18.2 Å². The molecule has 0 aliphatic heterocycles. The third-order valence-electron chi connectivity index (χ3n) is 3.36. The monoisotopic (exact) mass is 366 g/mol. The number of aromatic amines is 1. The number of alkyl halides is 3. The van der Waals surface area contributed by atoms with E-state index in [1.807, 2.05) is 0 Å². The molecule has 0 fully saturated rings. The molecule has 0 unspecified atom stereocenters. The molecular weight excluding hydrogens is 357 g/mol. The van der Waals surface area contributed by atoms with E-state index in [9.17, 15) is 18.0 Å². The number of hydrogen-bond donors (Lipinski definition) is 2. The maximum Gasteiger partial charge on any atom is 0.416 e. The van der Waals surface area contributed by atoms with Crippen LogP contribution in [0.4, 0.5) is 13.2 Å². The van der Waals surface area contributed by atoms with Gasteiger partial charge in [-0.3, -0.25) is 4.79 Å². The van der Waals surface area contributed by atoms with Crippen LogP contribution >= 0.6 is 11.6 Å². The molecule has 1 amide bonds. The lowest BCUT2D eigenvalue weighted by Crippen LogP contribution is -2.05. The number of rotatable bonds is 3. The second kappa shape index (κ2) is 6.21. The van der Waals surface area contributed by atoms with Crippen molar-refractivity contribution in [3.8, 4) is 11.3 Å². The van der Waals surface area contributed by atoms with Gasteiger partial charge in [0.25, 0.3) is 0 Å². The molecule has 5 nitrogen and oxygen atoms in total. The minimum atomic E-state index is -4.53. The average Bonchev–Trinajstić information content (AvgIpc) is 2.93. The van der Waals surface area contributed by atoms with E-state index in [2.05, 4.69) is 15.0 Å². The zero-order valence-electron chi connectivity index (χ0n) is 12.4. The molecule has 0 radical (unpaired) electrons. The fourth-order valence-corrected chi connectivity index (χ4v) is 2.48. The second-order valence-electron chi connectivity index (χ2n) is 5.16. The van der Waals surface area contributed by atoms with E-state index >= 15 is 0 Å². The summed E-state index contributed by atoms with van der Waals surface area (Å²) in [4.78, 5) is 22.2. The molecule has 9 heteroatoms. The van der Waals surface area contributed by atoms with Crippen LogP contribution in [0.2, 0.25) is 5.02 Å². The van der Waals surface area contributed by atoms with Gasteiger partial charge in [0.05, 0.1) is 17.5 Å². The lowest BCUT2D eigenvalue weighted by molar-refractivity contribution is -0.137. The maximum atomic E-state index is 13.0. The predicted octanol–water partition coefficient (Wildman–Crippen LogP) is 3.80. The standard InChI is InChI=1S/C16H10ClF3N4O/c17-11-4-9(3-10(5-11)16(18,19)20)12-7-23-15-14(24-12)8(6-22-15)1-2-13(21)25/h1-7H,(H2,21,25)(H,22,23). The Morgan fingerprint density at radius 2 is 2.04 bits per heavy atom. The molecule has 0 bridgehead atoms. The summed E-state index contributed by atoms with van der Waals surface area (Å²) in [5.41, 5.74) is 5.92. The number of benzene rings is 1. The zero-order chi connectivity index (χ0) is 18.2. The Kier molecular flexibility index (Phi) is 4.22. The van der Waals surface area contributed by atoms with E-state index in [1.165, 1.54) is 18.3 Å². The number of primary amides is 1. The van der Waals surface area contributed by atoms with Gasteiger partial charge in [-0.05, 0) is 24.3 Å².